The van der Waals surface area contributed by atoms with Crippen LogP contribution in [0.25, 0.3) is 11.0 Å². The number of fused-ring (bicyclic) bond motifs is 1. The fourth-order valence-electron chi connectivity index (χ4n) is 2.62. The van der Waals surface area contributed by atoms with Gasteiger partial charge in [-0.1, -0.05) is 6.07 Å². The minimum atomic E-state index is -0.947. The highest BCUT2D eigenvalue weighted by Crippen LogP contribution is 2.29. The van der Waals surface area contributed by atoms with E-state index >= 15 is 0 Å². The summed E-state index contributed by atoms with van der Waals surface area (Å²) in [5.74, 6) is 0.259. The minimum absolute atomic E-state index is 0.190. The third-order valence-electron chi connectivity index (χ3n) is 4.38. The minimum Gasteiger partial charge on any atom is -0.481 e. The van der Waals surface area contributed by atoms with Gasteiger partial charge in [-0.05, 0) is 38.0 Å². The maximum absolute atomic E-state index is 11.5. The van der Waals surface area contributed by atoms with Crippen molar-refractivity contribution in [1.82, 2.24) is 9.55 Å². The van der Waals surface area contributed by atoms with Crippen LogP contribution in [0.4, 0.5) is 0 Å². The number of carbonyl (C=O) groups is 1. The highest BCUT2D eigenvalue weighted by Gasteiger charge is 2.30. The molecule has 2 aromatic rings. The molecule has 118 valence electrons. The maximum atomic E-state index is 11.5. The molecule has 0 amide bonds. The fraction of sp³-hybridized carbons (Fsp3) is 0.500. The van der Waals surface area contributed by atoms with Gasteiger partial charge in [0.15, 0.2) is 0 Å². The number of benzene rings is 1. The molecule has 3 rings (SSSR count). The zero-order chi connectivity index (χ0) is 15.9. The number of halogens is 1. The maximum Gasteiger partial charge on any atom is 0.313 e. The lowest BCUT2D eigenvalue weighted by Crippen LogP contribution is -2.32. The van der Waals surface area contributed by atoms with E-state index in [9.17, 15) is 9.90 Å². The summed E-state index contributed by atoms with van der Waals surface area (Å²) in [6.45, 7) is 4.91. The van der Waals surface area contributed by atoms with Gasteiger partial charge < -0.3 is 14.4 Å². The highest BCUT2D eigenvalue weighted by atomic mass is 35.5. The molecule has 0 bridgehead atoms. The van der Waals surface area contributed by atoms with Crippen molar-refractivity contribution in [2.75, 3.05) is 6.61 Å². The van der Waals surface area contributed by atoms with Crippen LogP contribution >= 0.6 is 11.6 Å². The Morgan fingerprint density at radius 2 is 2.27 bits per heavy atom. The number of imidazole rings is 1. The number of carboxylic acid groups (broad SMARTS) is 1. The molecular weight excluding hydrogens is 304 g/mol. The second-order valence-electron chi connectivity index (χ2n) is 6.19. The van der Waals surface area contributed by atoms with Gasteiger partial charge in [0, 0.05) is 6.61 Å². The third kappa shape index (κ3) is 2.48. The van der Waals surface area contributed by atoms with Crippen LogP contribution in [0.5, 0.6) is 0 Å². The Morgan fingerprint density at radius 3 is 2.82 bits per heavy atom. The van der Waals surface area contributed by atoms with E-state index in [-0.39, 0.29) is 6.10 Å². The van der Waals surface area contributed by atoms with E-state index in [1.807, 2.05) is 22.8 Å². The van der Waals surface area contributed by atoms with Gasteiger partial charge in [0.25, 0.3) is 0 Å². The quantitative estimate of drug-likeness (QED) is 0.860. The van der Waals surface area contributed by atoms with E-state index in [1.165, 1.54) is 0 Å². The summed E-state index contributed by atoms with van der Waals surface area (Å²) in [4.78, 5) is 16.0. The molecule has 1 aromatic heterocycles. The van der Waals surface area contributed by atoms with Crippen molar-refractivity contribution in [3.63, 3.8) is 0 Å². The predicted octanol–water partition coefficient (Wildman–Crippen LogP) is 2.93. The number of ether oxygens (including phenoxy) is 1. The van der Waals surface area contributed by atoms with Gasteiger partial charge in [-0.25, -0.2) is 4.98 Å². The van der Waals surface area contributed by atoms with E-state index < -0.39 is 11.4 Å². The Labute approximate surface area is 133 Å². The molecule has 1 aliphatic heterocycles. The van der Waals surface area contributed by atoms with Crippen LogP contribution in [-0.4, -0.2) is 33.3 Å². The highest BCUT2D eigenvalue weighted by molar-refractivity contribution is 6.16. The van der Waals surface area contributed by atoms with Crippen LogP contribution in [0.2, 0.25) is 0 Å². The summed E-state index contributed by atoms with van der Waals surface area (Å²) in [6.07, 6.45) is 1.22. The largest absolute Gasteiger partial charge is 0.481 e. The number of aromatic nitrogens is 2. The molecule has 0 spiro atoms. The normalized spacial score (nSPS) is 18.4. The molecule has 1 saturated heterocycles. The van der Waals surface area contributed by atoms with Gasteiger partial charge in [-0.15, -0.1) is 11.6 Å². The molecule has 0 saturated carbocycles. The van der Waals surface area contributed by atoms with Gasteiger partial charge in [0.1, 0.15) is 5.82 Å². The number of alkyl halides is 1. The van der Waals surface area contributed by atoms with Gasteiger partial charge >= 0.3 is 5.97 Å². The molecule has 2 heterocycles. The van der Waals surface area contributed by atoms with Gasteiger partial charge in [-0.3, -0.25) is 4.79 Å². The Morgan fingerprint density at radius 1 is 1.55 bits per heavy atom. The fourth-order valence-corrected chi connectivity index (χ4v) is 2.83. The number of rotatable bonds is 5. The monoisotopic (exact) mass is 322 g/mol. The summed E-state index contributed by atoms with van der Waals surface area (Å²) in [5.41, 5.74) is 1.55. The Hall–Kier alpha value is -1.59. The van der Waals surface area contributed by atoms with Crippen molar-refractivity contribution >= 4 is 28.6 Å². The van der Waals surface area contributed by atoms with Crippen molar-refractivity contribution in [2.45, 2.75) is 44.2 Å². The van der Waals surface area contributed by atoms with Gasteiger partial charge in [0.2, 0.25) is 0 Å². The average molecular weight is 323 g/mol. The van der Waals surface area contributed by atoms with Gasteiger partial charge in [0.05, 0.1) is 35.0 Å². The van der Waals surface area contributed by atoms with Crippen LogP contribution < -0.4 is 0 Å². The lowest BCUT2D eigenvalue weighted by molar-refractivity contribution is -0.142. The number of hydrogen-bond acceptors (Lipinski definition) is 3. The summed E-state index contributed by atoms with van der Waals surface area (Å²) in [7, 11) is 0. The molecule has 1 atom stereocenters. The smallest absolute Gasteiger partial charge is 0.313 e. The summed E-state index contributed by atoms with van der Waals surface area (Å²) >= 11 is 6.01. The molecule has 22 heavy (non-hydrogen) atoms. The number of carboxylic acids is 1. The second-order valence-corrected chi connectivity index (χ2v) is 6.45. The van der Waals surface area contributed by atoms with Gasteiger partial charge in [-0.2, -0.15) is 0 Å². The average Bonchev–Trinajstić information content (AvgIpc) is 2.79. The van der Waals surface area contributed by atoms with Crippen molar-refractivity contribution in [3.05, 3.63) is 29.6 Å². The molecule has 1 N–H and O–H groups in total. The van der Waals surface area contributed by atoms with E-state index in [4.69, 9.17) is 16.3 Å². The van der Waals surface area contributed by atoms with E-state index in [0.717, 1.165) is 35.4 Å². The van der Waals surface area contributed by atoms with Crippen LogP contribution in [-0.2, 0) is 27.4 Å². The summed E-state index contributed by atoms with van der Waals surface area (Å²) in [6, 6.07) is 5.60. The Kier molecular flexibility index (Phi) is 3.87. The van der Waals surface area contributed by atoms with E-state index in [0.29, 0.717) is 12.4 Å². The lowest BCUT2D eigenvalue weighted by atomic mass is 9.84. The SMILES string of the molecule is CC(C)(C(=O)O)c1ccc2nc(CCl)n(C[C@@H]3CCO3)c2c1. The molecule has 0 radical (unpaired) electrons. The summed E-state index contributed by atoms with van der Waals surface area (Å²) < 4.78 is 7.55. The summed E-state index contributed by atoms with van der Waals surface area (Å²) in [5, 5.41) is 9.42. The molecule has 5 nitrogen and oxygen atoms in total. The Balaban J connectivity index is 2.09. The molecule has 0 unspecified atom stereocenters. The van der Waals surface area contributed by atoms with Crippen LogP contribution in [0, 0.1) is 0 Å². The first-order valence-electron chi connectivity index (χ1n) is 7.34. The first-order chi connectivity index (χ1) is 10.4. The van der Waals surface area contributed by atoms with Crippen molar-refractivity contribution in [3.8, 4) is 0 Å². The first kappa shape index (κ1) is 15.3. The number of nitrogens with zero attached hydrogens (tertiary/aromatic N) is 2. The van der Waals surface area contributed by atoms with Crippen molar-refractivity contribution < 1.29 is 14.6 Å². The van der Waals surface area contributed by atoms with Crippen molar-refractivity contribution in [2.24, 2.45) is 0 Å². The Bertz CT molecular complexity index is 719. The van der Waals surface area contributed by atoms with E-state index in [2.05, 4.69) is 4.98 Å². The molecule has 1 fully saturated rings. The van der Waals surface area contributed by atoms with Crippen LogP contribution in [0.3, 0.4) is 0 Å². The first-order valence-corrected chi connectivity index (χ1v) is 7.87. The zero-order valence-corrected chi connectivity index (χ0v) is 13.4. The lowest BCUT2D eigenvalue weighted by Gasteiger charge is -2.27. The standard InChI is InChI=1S/C16H19ClN2O3/c1-16(2,15(20)21)10-3-4-12-13(7-10)19(14(8-17)18-12)9-11-5-6-22-11/h3-4,7,11H,5-6,8-9H2,1-2H3,(H,20,21)/t11-/m0/s1. The third-order valence-corrected chi connectivity index (χ3v) is 4.62. The number of hydrogen-bond donors (Lipinski definition) is 1. The molecular formula is C16H19ClN2O3. The topological polar surface area (TPSA) is 64.3 Å². The molecule has 1 aromatic carbocycles. The van der Waals surface area contributed by atoms with Crippen LogP contribution in [0.15, 0.2) is 18.2 Å². The molecule has 6 heteroatoms. The zero-order valence-electron chi connectivity index (χ0n) is 12.7. The predicted molar refractivity (Wildman–Crippen MR) is 84.3 cm³/mol. The molecule has 0 aliphatic carbocycles. The second kappa shape index (κ2) is 5.56. The number of aliphatic carboxylic acids is 1. The van der Waals surface area contributed by atoms with E-state index in [1.54, 1.807) is 13.8 Å². The van der Waals surface area contributed by atoms with Crippen molar-refractivity contribution in [1.29, 1.82) is 0 Å². The molecule has 1 aliphatic rings. The van der Waals surface area contributed by atoms with Crippen LogP contribution in [0.1, 0.15) is 31.7 Å².